The fraction of sp³-hybridized carbons (Fsp3) is 0.480. The Hall–Kier alpha value is -2.50. The molecule has 0 bridgehead atoms. The number of alkyl halides is 3. The van der Waals surface area contributed by atoms with Gasteiger partial charge in [-0.05, 0) is 56.2 Å². The zero-order valence-corrected chi connectivity index (χ0v) is 21.9. The molecule has 2 saturated heterocycles. The van der Waals surface area contributed by atoms with E-state index in [0.717, 1.165) is 12.1 Å². The topological polar surface area (TPSA) is 70.2 Å². The van der Waals surface area contributed by atoms with Gasteiger partial charge in [0.2, 0.25) is 15.9 Å². The molecule has 0 saturated carbocycles. The molecule has 2 fully saturated rings. The van der Waals surface area contributed by atoms with Gasteiger partial charge in [-0.1, -0.05) is 17.7 Å². The van der Waals surface area contributed by atoms with Gasteiger partial charge in [0.05, 0.1) is 12.2 Å². The molecule has 2 heterocycles. The number of carbonyl (C=O) groups excluding carboxylic acids is 1. The average Bonchev–Trinajstić information content (AvgIpc) is 2.89. The van der Waals surface area contributed by atoms with E-state index in [-0.39, 0.29) is 40.6 Å². The molecular weight excluding hydrogens is 531 g/mol. The van der Waals surface area contributed by atoms with Crippen LogP contribution < -0.4 is 9.64 Å². The third-order valence-corrected chi connectivity index (χ3v) is 8.91. The van der Waals surface area contributed by atoms with Gasteiger partial charge in [-0.2, -0.15) is 17.5 Å². The lowest BCUT2D eigenvalue weighted by molar-refractivity contribution is -0.137. The first-order valence-electron chi connectivity index (χ1n) is 12.1. The van der Waals surface area contributed by atoms with E-state index in [1.807, 2.05) is 4.90 Å². The van der Waals surface area contributed by atoms with Crippen LogP contribution in [0.5, 0.6) is 5.75 Å². The minimum Gasteiger partial charge on any atom is -0.492 e. The summed E-state index contributed by atoms with van der Waals surface area (Å²) >= 11 is 6.05. The van der Waals surface area contributed by atoms with Crippen LogP contribution in [0.15, 0.2) is 47.4 Å². The summed E-state index contributed by atoms with van der Waals surface area (Å²) in [6, 6.07) is 9.68. The number of ether oxygens (including phenoxy) is 1. The largest absolute Gasteiger partial charge is 0.492 e. The average molecular weight is 560 g/mol. The molecule has 0 aliphatic carbocycles. The first kappa shape index (κ1) is 27.5. The second-order valence-corrected chi connectivity index (χ2v) is 11.4. The number of anilines is 1. The van der Waals surface area contributed by atoms with Gasteiger partial charge in [0.25, 0.3) is 0 Å². The van der Waals surface area contributed by atoms with Gasteiger partial charge in [-0.3, -0.25) is 4.79 Å². The third kappa shape index (κ3) is 6.15. The summed E-state index contributed by atoms with van der Waals surface area (Å²) in [4.78, 5) is 16.7. The fourth-order valence-corrected chi connectivity index (χ4v) is 6.63. The molecule has 0 radical (unpaired) electrons. The number of halogens is 4. The highest BCUT2D eigenvalue weighted by atomic mass is 35.5. The Morgan fingerprint density at radius 3 is 2.32 bits per heavy atom. The molecule has 2 aliphatic heterocycles. The maximum Gasteiger partial charge on any atom is 0.416 e. The normalized spacial score (nSPS) is 18.2. The molecular formula is C25H29ClF3N3O4S. The Morgan fingerprint density at radius 1 is 1.03 bits per heavy atom. The molecule has 2 aliphatic rings. The predicted molar refractivity (Wildman–Crippen MR) is 134 cm³/mol. The summed E-state index contributed by atoms with van der Waals surface area (Å²) in [5, 5.41) is 0.288. The number of piperidine rings is 1. The molecule has 202 valence electrons. The minimum absolute atomic E-state index is 0.0114. The van der Waals surface area contributed by atoms with Gasteiger partial charge < -0.3 is 14.5 Å². The van der Waals surface area contributed by atoms with Crippen molar-refractivity contribution in [1.82, 2.24) is 9.21 Å². The lowest BCUT2D eigenvalue weighted by atomic mass is 9.96. The molecule has 2 aromatic carbocycles. The molecule has 4 rings (SSSR count). The highest BCUT2D eigenvalue weighted by Crippen LogP contribution is 2.34. The van der Waals surface area contributed by atoms with Crippen LogP contribution in [0.25, 0.3) is 0 Å². The van der Waals surface area contributed by atoms with Crippen LogP contribution in [0.3, 0.4) is 0 Å². The number of rotatable bonds is 6. The van der Waals surface area contributed by atoms with E-state index < -0.39 is 21.8 Å². The molecule has 37 heavy (non-hydrogen) atoms. The van der Waals surface area contributed by atoms with Crippen molar-refractivity contribution in [2.45, 2.75) is 30.8 Å². The standard InChI is InChI=1S/C25H29ClF3N3O4S/c1-2-36-22-7-6-20(26)17-23(22)37(34,35)32-10-8-18(9-11-32)24(33)31-14-12-30(13-15-31)21-5-3-4-19(16-21)25(27,28)29/h3-7,16-18H,2,8-15H2,1H3. The number of benzene rings is 2. The summed E-state index contributed by atoms with van der Waals surface area (Å²) in [6.45, 7) is 4.11. The van der Waals surface area contributed by atoms with Crippen LogP contribution >= 0.6 is 11.6 Å². The van der Waals surface area contributed by atoms with Gasteiger partial charge in [0.1, 0.15) is 10.6 Å². The van der Waals surface area contributed by atoms with E-state index in [1.54, 1.807) is 24.0 Å². The molecule has 0 spiro atoms. The van der Waals surface area contributed by atoms with Crippen molar-refractivity contribution >= 4 is 33.2 Å². The van der Waals surface area contributed by atoms with Gasteiger partial charge in [0, 0.05) is 55.9 Å². The second kappa shape index (κ2) is 11.1. The van der Waals surface area contributed by atoms with Gasteiger partial charge >= 0.3 is 6.18 Å². The van der Waals surface area contributed by atoms with E-state index in [9.17, 15) is 26.4 Å². The highest BCUT2D eigenvalue weighted by Gasteiger charge is 2.36. The van der Waals surface area contributed by atoms with Crippen LogP contribution in [-0.2, 0) is 21.0 Å². The SMILES string of the molecule is CCOc1ccc(Cl)cc1S(=O)(=O)N1CCC(C(=O)N2CCN(c3cccc(C(F)(F)F)c3)CC2)CC1. The Kier molecular flexibility index (Phi) is 8.25. The van der Waals surface area contributed by atoms with Crippen molar-refractivity contribution in [3.63, 3.8) is 0 Å². The van der Waals surface area contributed by atoms with Crippen LogP contribution in [0.2, 0.25) is 5.02 Å². The Bertz CT molecular complexity index is 1230. The fourth-order valence-electron chi connectivity index (χ4n) is 4.76. The highest BCUT2D eigenvalue weighted by molar-refractivity contribution is 7.89. The van der Waals surface area contributed by atoms with Crippen molar-refractivity contribution in [3.8, 4) is 5.75 Å². The van der Waals surface area contributed by atoms with Crippen molar-refractivity contribution in [3.05, 3.63) is 53.1 Å². The number of hydrogen-bond donors (Lipinski definition) is 0. The lowest BCUT2D eigenvalue weighted by Gasteiger charge is -2.39. The predicted octanol–water partition coefficient (Wildman–Crippen LogP) is 4.51. The lowest BCUT2D eigenvalue weighted by Crippen LogP contribution is -2.52. The third-order valence-electron chi connectivity index (χ3n) is 6.76. The molecule has 0 N–H and O–H groups in total. The van der Waals surface area contributed by atoms with E-state index in [4.69, 9.17) is 16.3 Å². The zero-order valence-electron chi connectivity index (χ0n) is 20.4. The van der Waals surface area contributed by atoms with E-state index in [2.05, 4.69) is 0 Å². The van der Waals surface area contributed by atoms with Crippen LogP contribution in [0.4, 0.5) is 18.9 Å². The van der Waals surface area contributed by atoms with Crippen molar-refractivity contribution < 1.29 is 31.1 Å². The van der Waals surface area contributed by atoms with Crippen LogP contribution in [-0.4, -0.2) is 69.4 Å². The van der Waals surface area contributed by atoms with E-state index in [1.165, 1.54) is 22.5 Å². The molecule has 2 aromatic rings. The van der Waals surface area contributed by atoms with Crippen molar-refractivity contribution in [1.29, 1.82) is 0 Å². The van der Waals surface area contributed by atoms with Gasteiger partial charge in [0.15, 0.2) is 0 Å². The van der Waals surface area contributed by atoms with Crippen molar-refractivity contribution in [2.75, 3.05) is 50.8 Å². The van der Waals surface area contributed by atoms with Crippen LogP contribution in [0, 0.1) is 5.92 Å². The zero-order chi connectivity index (χ0) is 26.8. The smallest absolute Gasteiger partial charge is 0.416 e. The number of nitrogens with zero attached hydrogens (tertiary/aromatic N) is 3. The van der Waals surface area contributed by atoms with E-state index >= 15 is 0 Å². The van der Waals surface area contributed by atoms with Crippen LogP contribution in [0.1, 0.15) is 25.3 Å². The summed E-state index contributed by atoms with van der Waals surface area (Å²) in [5.41, 5.74) is -0.218. The minimum atomic E-state index is -4.41. The van der Waals surface area contributed by atoms with Gasteiger partial charge in [-0.15, -0.1) is 0 Å². The Labute approximate surface area is 219 Å². The van der Waals surface area contributed by atoms with E-state index in [0.29, 0.717) is 51.3 Å². The Morgan fingerprint density at radius 2 is 1.70 bits per heavy atom. The van der Waals surface area contributed by atoms with Gasteiger partial charge in [-0.25, -0.2) is 8.42 Å². The summed E-state index contributed by atoms with van der Waals surface area (Å²) < 4.78 is 72.6. The second-order valence-electron chi connectivity index (χ2n) is 9.06. The first-order chi connectivity index (χ1) is 17.5. The molecule has 0 unspecified atom stereocenters. The van der Waals surface area contributed by atoms with Crippen molar-refractivity contribution in [2.24, 2.45) is 5.92 Å². The summed E-state index contributed by atoms with van der Waals surface area (Å²) in [7, 11) is -3.85. The number of hydrogen-bond acceptors (Lipinski definition) is 5. The monoisotopic (exact) mass is 559 g/mol. The molecule has 7 nitrogen and oxygen atoms in total. The number of amides is 1. The maximum absolute atomic E-state index is 13.3. The number of piperazine rings is 1. The molecule has 1 amide bonds. The Balaban J connectivity index is 1.34. The summed E-state index contributed by atoms with van der Waals surface area (Å²) in [5.74, 6) is -0.112. The summed E-state index contributed by atoms with van der Waals surface area (Å²) in [6.07, 6.45) is -3.64. The quantitative estimate of drug-likeness (QED) is 0.521. The number of sulfonamides is 1. The number of carbonyl (C=O) groups is 1. The molecule has 0 atom stereocenters. The molecule has 12 heteroatoms. The molecule has 0 aromatic heterocycles. The first-order valence-corrected chi connectivity index (χ1v) is 14.0. The maximum atomic E-state index is 13.3.